The van der Waals surface area contributed by atoms with Crippen molar-refractivity contribution < 1.29 is 4.39 Å². The molecule has 0 atom stereocenters. The molecule has 0 radical (unpaired) electrons. The monoisotopic (exact) mass is 367 g/mol. The number of halogens is 1. The molecule has 3 aromatic rings. The van der Waals surface area contributed by atoms with Crippen LogP contribution < -0.4 is 4.90 Å². The van der Waals surface area contributed by atoms with Crippen LogP contribution in [0.25, 0.3) is 10.9 Å². The number of anilines is 1. The van der Waals surface area contributed by atoms with Crippen molar-refractivity contribution in [2.24, 2.45) is 12.0 Å². The summed E-state index contributed by atoms with van der Waals surface area (Å²) in [4.78, 5) is 7.67. The second kappa shape index (κ2) is 6.80. The maximum Gasteiger partial charge on any atom is 0.123 e. The summed E-state index contributed by atoms with van der Waals surface area (Å²) in [6.07, 6.45) is 0.958. The maximum atomic E-state index is 13.8. The molecule has 0 N–H and O–H groups in total. The van der Waals surface area contributed by atoms with Gasteiger partial charge in [0.2, 0.25) is 0 Å². The van der Waals surface area contributed by atoms with Crippen LogP contribution in [0.1, 0.15) is 18.2 Å². The van der Waals surface area contributed by atoms with Crippen molar-refractivity contribution in [2.75, 3.05) is 17.2 Å². The Morgan fingerprint density at radius 3 is 2.85 bits per heavy atom. The van der Waals surface area contributed by atoms with Gasteiger partial charge in [-0.2, -0.15) is 0 Å². The van der Waals surface area contributed by atoms with E-state index in [-0.39, 0.29) is 5.82 Å². The standard InChI is InChI=1S/C21H22FN3S/c1-4-26-21-12-15(6-7-18(21)23-2)25-10-9-20-17(13-25)16-11-14(22)5-8-19(16)24(20)3/h5-8,11-12H,2,4,9-10,13H2,1,3H3. The van der Waals surface area contributed by atoms with Crippen molar-refractivity contribution in [2.45, 2.75) is 24.8 Å². The molecule has 1 aliphatic rings. The molecule has 5 heteroatoms. The van der Waals surface area contributed by atoms with Crippen LogP contribution in [0.3, 0.4) is 0 Å². The Labute approximate surface area is 157 Å². The second-order valence-corrected chi connectivity index (χ2v) is 7.87. The molecule has 26 heavy (non-hydrogen) atoms. The third kappa shape index (κ3) is 2.80. The molecule has 0 fully saturated rings. The van der Waals surface area contributed by atoms with E-state index >= 15 is 0 Å². The molecule has 2 heterocycles. The van der Waals surface area contributed by atoms with Gasteiger partial charge in [-0.15, -0.1) is 11.8 Å². The Morgan fingerprint density at radius 2 is 2.08 bits per heavy atom. The number of aryl methyl sites for hydroxylation is 1. The minimum atomic E-state index is -0.175. The van der Waals surface area contributed by atoms with Crippen molar-refractivity contribution in [3.05, 3.63) is 53.5 Å². The number of benzene rings is 2. The summed E-state index contributed by atoms with van der Waals surface area (Å²) in [5.74, 6) is 0.824. The number of aromatic nitrogens is 1. The highest BCUT2D eigenvalue weighted by Gasteiger charge is 2.23. The van der Waals surface area contributed by atoms with Gasteiger partial charge in [-0.3, -0.25) is 4.99 Å². The Bertz CT molecular complexity index is 993. The van der Waals surface area contributed by atoms with Gasteiger partial charge in [0.05, 0.1) is 5.69 Å². The van der Waals surface area contributed by atoms with Crippen LogP contribution >= 0.6 is 11.8 Å². The molecule has 0 spiro atoms. The third-order valence-corrected chi connectivity index (χ3v) is 6.07. The first-order chi connectivity index (χ1) is 12.6. The summed E-state index contributed by atoms with van der Waals surface area (Å²) in [6.45, 7) is 7.57. The quantitative estimate of drug-likeness (QED) is 0.459. The zero-order valence-corrected chi connectivity index (χ0v) is 15.9. The van der Waals surface area contributed by atoms with Gasteiger partial charge in [-0.25, -0.2) is 4.39 Å². The summed E-state index contributed by atoms with van der Waals surface area (Å²) < 4.78 is 16.0. The number of fused-ring (bicyclic) bond motifs is 3. The van der Waals surface area contributed by atoms with E-state index in [1.54, 1.807) is 23.9 Å². The van der Waals surface area contributed by atoms with E-state index in [9.17, 15) is 4.39 Å². The van der Waals surface area contributed by atoms with Gasteiger partial charge in [0.1, 0.15) is 5.82 Å². The molecule has 0 saturated carbocycles. The van der Waals surface area contributed by atoms with Gasteiger partial charge < -0.3 is 9.47 Å². The van der Waals surface area contributed by atoms with Crippen LogP contribution in [0, 0.1) is 5.82 Å². The van der Waals surface area contributed by atoms with E-state index in [1.807, 2.05) is 12.1 Å². The number of hydrogen-bond donors (Lipinski definition) is 0. The molecule has 0 saturated heterocycles. The summed E-state index contributed by atoms with van der Waals surface area (Å²) >= 11 is 1.78. The van der Waals surface area contributed by atoms with Crippen LogP contribution in [-0.2, 0) is 20.0 Å². The minimum Gasteiger partial charge on any atom is -0.367 e. The molecule has 3 nitrogen and oxygen atoms in total. The van der Waals surface area contributed by atoms with E-state index in [1.165, 1.54) is 16.9 Å². The normalized spacial score (nSPS) is 13.9. The largest absolute Gasteiger partial charge is 0.367 e. The van der Waals surface area contributed by atoms with Crippen LogP contribution in [0.5, 0.6) is 0 Å². The van der Waals surface area contributed by atoms with Crippen molar-refractivity contribution >= 4 is 40.8 Å². The first-order valence-electron chi connectivity index (χ1n) is 8.86. The summed E-state index contributed by atoms with van der Waals surface area (Å²) in [6, 6.07) is 11.4. The van der Waals surface area contributed by atoms with E-state index in [0.29, 0.717) is 0 Å². The van der Waals surface area contributed by atoms with Crippen molar-refractivity contribution in [1.29, 1.82) is 0 Å². The molecular formula is C21H22FN3S. The highest BCUT2D eigenvalue weighted by atomic mass is 32.2. The Kier molecular flexibility index (Phi) is 4.49. The van der Waals surface area contributed by atoms with Crippen molar-refractivity contribution in [3.8, 4) is 0 Å². The number of aliphatic imine (C=N–C) groups is 1. The molecule has 0 unspecified atom stereocenters. The van der Waals surface area contributed by atoms with Gasteiger partial charge >= 0.3 is 0 Å². The van der Waals surface area contributed by atoms with Crippen LogP contribution in [0.4, 0.5) is 15.8 Å². The fourth-order valence-corrected chi connectivity index (χ4v) is 4.67. The lowest BCUT2D eigenvalue weighted by molar-refractivity contribution is 0.629. The van der Waals surface area contributed by atoms with E-state index in [0.717, 1.165) is 46.7 Å². The molecule has 0 amide bonds. The first-order valence-corrected chi connectivity index (χ1v) is 9.85. The average Bonchev–Trinajstić information content (AvgIpc) is 2.93. The lowest BCUT2D eigenvalue weighted by Gasteiger charge is -2.30. The molecule has 4 rings (SSSR count). The summed E-state index contributed by atoms with van der Waals surface area (Å²) in [5, 5.41) is 1.03. The summed E-state index contributed by atoms with van der Waals surface area (Å²) in [7, 11) is 2.08. The zero-order valence-electron chi connectivity index (χ0n) is 15.1. The van der Waals surface area contributed by atoms with Crippen LogP contribution in [0.2, 0.25) is 0 Å². The predicted molar refractivity (Wildman–Crippen MR) is 110 cm³/mol. The third-order valence-electron chi connectivity index (χ3n) is 5.14. The SMILES string of the molecule is C=Nc1ccc(N2CCc3c(c4cc(F)ccc4n3C)C2)cc1SCC. The van der Waals surface area contributed by atoms with E-state index in [4.69, 9.17) is 0 Å². The fourth-order valence-electron chi connectivity index (χ4n) is 3.87. The topological polar surface area (TPSA) is 20.5 Å². The van der Waals surface area contributed by atoms with Gasteiger partial charge in [0, 0.05) is 59.3 Å². The number of thioether (sulfide) groups is 1. The number of rotatable bonds is 4. The fraction of sp³-hybridized carbons (Fsp3) is 0.286. The Morgan fingerprint density at radius 1 is 1.23 bits per heavy atom. The highest BCUT2D eigenvalue weighted by molar-refractivity contribution is 7.99. The van der Waals surface area contributed by atoms with Crippen molar-refractivity contribution in [1.82, 2.24) is 4.57 Å². The number of nitrogens with zero attached hydrogens (tertiary/aromatic N) is 3. The first kappa shape index (κ1) is 17.2. The molecule has 0 bridgehead atoms. The van der Waals surface area contributed by atoms with Gasteiger partial charge in [-0.05, 0) is 48.9 Å². The lowest BCUT2D eigenvalue weighted by Crippen LogP contribution is -2.30. The van der Waals surface area contributed by atoms with Crippen molar-refractivity contribution in [3.63, 3.8) is 0 Å². The average molecular weight is 367 g/mol. The Balaban J connectivity index is 1.74. The number of hydrogen-bond acceptors (Lipinski definition) is 3. The van der Waals surface area contributed by atoms with E-state index < -0.39 is 0 Å². The van der Waals surface area contributed by atoms with E-state index in [2.05, 4.69) is 47.3 Å². The minimum absolute atomic E-state index is 0.175. The predicted octanol–water partition coefficient (Wildman–Crippen LogP) is 5.32. The maximum absolute atomic E-state index is 13.8. The van der Waals surface area contributed by atoms with Gasteiger partial charge in [0.15, 0.2) is 0 Å². The van der Waals surface area contributed by atoms with Gasteiger partial charge in [0.25, 0.3) is 0 Å². The zero-order chi connectivity index (χ0) is 18.3. The molecule has 1 aliphatic heterocycles. The lowest BCUT2D eigenvalue weighted by atomic mass is 10.0. The smallest absolute Gasteiger partial charge is 0.123 e. The second-order valence-electron chi connectivity index (χ2n) is 6.56. The molecule has 0 aliphatic carbocycles. The summed E-state index contributed by atoms with van der Waals surface area (Å²) in [5.41, 5.74) is 5.78. The molecule has 134 valence electrons. The van der Waals surface area contributed by atoms with Crippen LogP contribution in [-0.4, -0.2) is 23.6 Å². The molecular weight excluding hydrogens is 345 g/mol. The highest BCUT2D eigenvalue weighted by Crippen LogP contribution is 2.36. The van der Waals surface area contributed by atoms with Crippen LogP contribution in [0.15, 0.2) is 46.3 Å². The van der Waals surface area contributed by atoms with Gasteiger partial charge in [-0.1, -0.05) is 6.92 Å². The Hall–Kier alpha value is -2.27. The molecule has 2 aromatic carbocycles. The molecule has 1 aromatic heterocycles.